The van der Waals surface area contributed by atoms with Crippen LogP contribution in [0.4, 0.5) is 29.3 Å². The number of aryl methyl sites for hydroxylation is 1. The molecular formula is C19H22F3N3O3. The van der Waals surface area contributed by atoms with E-state index in [0.29, 0.717) is 43.5 Å². The summed E-state index contributed by atoms with van der Waals surface area (Å²) in [6.45, 7) is 5.42. The summed E-state index contributed by atoms with van der Waals surface area (Å²) in [5, 5.41) is 4.88. The average molecular weight is 397 g/mol. The molecule has 0 bridgehead atoms. The summed E-state index contributed by atoms with van der Waals surface area (Å²) in [7, 11) is 0. The number of carbonyl (C=O) groups excluding carboxylic acids is 1. The molecule has 3 rings (SSSR count). The van der Waals surface area contributed by atoms with Crippen LogP contribution in [-0.2, 0) is 10.9 Å². The van der Waals surface area contributed by atoms with Gasteiger partial charge in [-0.1, -0.05) is 0 Å². The fourth-order valence-corrected chi connectivity index (χ4v) is 3.01. The highest BCUT2D eigenvalue weighted by molar-refractivity contribution is 5.90. The van der Waals surface area contributed by atoms with Crippen LogP contribution in [0.15, 0.2) is 34.7 Å². The molecule has 2 amide bonds. The Labute approximate surface area is 160 Å². The van der Waals surface area contributed by atoms with Crippen LogP contribution in [0.3, 0.4) is 0 Å². The van der Waals surface area contributed by atoms with Gasteiger partial charge in [0.15, 0.2) is 0 Å². The number of hydrogen-bond donors (Lipinski definition) is 2. The summed E-state index contributed by atoms with van der Waals surface area (Å²) in [5.74, 6) is 1.20. The topological polar surface area (TPSA) is 66.7 Å². The van der Waals surface area contributed by atoms with Crippen molar-refractivity contribution >= 4 is 17.4 Å². The maximum atomic E-state index is 13.5. The van der Waals surface area contributed by atoms with E-state index < -0.39 is 23.8 Å². The number of nitrogens with zero attached hydrogens (tertiary/aromatic N) is 1. The van der Waals surface area contributed by atoms with E-state index in [1.54, 1.807) is 32.0 Å². The van der Waals surface area contributed by atoms with Crippen LogP contribution in [0.2, 0.25) is 0 Å². The highest BCUT2D eigenvalue weighted by Gasteiger charge is 2.35. The Kier molecular flexibility index (Phi) is 5.83. The minimum absolute atomic E-state index is 0.301. The van der Waals surface area contributed by atoms with E-state index in [-0.39, 0.29) is 5.69 Å². The number of anilines is 2. The second-order valence-corrected chi connectivity index (χ2v) is 6.60. The van der Waals surface area contributed by atoms with Gasteiger partial charge in [0.25, 0.3) is 0 Å². The third kappa shape index (κ3) is 4.78. The summed E-state index contributed by atoms with van der Waals surface area (Å²) in [4.78, 5) is 14.0. The van der Waals surface area contributed by atoms with Crippen molar-refractivity contribution < 1.29 is 27.1 Å². The molecule has 0 saturated carbocycles. The predicted molar refractivity (Wildman–Crippen MR) is 98.5 cm³/mol. The van der Waals surface area contributed by atoms with E-state index in [1.807, 2.05) is 4.90 Å². The van der Waals surface area contributed by atoms with Gasteiger partial charge in [0.1, 0.15) is 11.5 Å². The Morgan fingerprint density at radius 3 is 2.50 bits per heavy atom. The van der Waals surface area contributed by atoms with E-state index in [4.69, 9.17) is 9.15 Å². The van der Waals surface area contributed by atoms with E-state index in [9.17, 15) is 18.0 Å². The lowest BCUT2D eigenvalue weighted by atomic mass is 10.1. The second-order valence-electron chi connectivity index (χ2n) is 6.60. The van der Waals surface area contributed by atoms with Crippen molar-refractivity contribution in [2.75, 3.05) is 36.5 Å². The minimum Gasteiger partial charge on any atom is -0.464 e. The molecule has 2 aromatic rings. The smallest absolute Gasteiger partial charge is 0.418 e. The third-order valence-corrected chi connectivity index (χ3v) is 4.47. The largest absolute Gasteiger partial charge is 0.464 e. The van der Waals surface area contributed by atoms with Gasteiger partial charge in [0, 0.05) is 18.8 Å². The van der Waals surface area contributed by atoms with Crippen molar-refractivity contribution in [1.29, 1.82) is 0 Å². The van der Waals surface area contributed by atoms with Gasteiger partial charge in [-0.3, -0.25) is 0 Å². The molecule has 1 aromatic heterocycles. The van der Waals surface area contributed by atoms with Crippen LogP contribution < -0.4 is 15.5 Å². The first-order chi connectivity index (χ1) is 13.2. The van der Waals surface area contributed by atoms with Crippen molar-refractivity contribution in [3.63, 3.8) is 0 Å². The zero-order chi connectivity index (χ0) is 20.3. The highest BCUT2D eigenvalue weighted by atomic mass is 19.4. The number of rotatable bonds is 4. The lowest BCUT2D eigenvalue weighted by molar-refractivity contribution is -0.136. The van der Waals surface area contributed by atoms with Gasteiger partial charge in [0.2, 0.25) is 0 Å². The molecule has 0 spiro atoms. The number of morpholine rings is 1. The molecule has 2 heterocycles. The summed E-state index contributed by atoms with van der Waals surface area (Å²) in [6.07, 6.45) is -4.60. The average Bonchev–Trinajstić information content (AvgIpc) is 3.08. The van der Waals surface area contributed by atoms with Crippen LogP contribution in [0.1, 0.15) is 30.0 Å². The second kappa shape index (κ2) is 8.14. The van der Waals surface area contributed by atoms with Crippen LogP contribution in [0, 0.1) is 6.92 Å². The number of ether oxygens (including phenoxy) is 1. The Hall–Kier alpha value is -2.68. The van der Waals surface area contributed by atoms with Gasteiger partial charge in [-0.2, -0.15) is 13.2 Å². The summed E-state index contributed by atoms with van der Waals surface area (Å²) < 4.78 is 51.3. The zero-order valence-electron chi connectivity index (χ0n) is 15.6. The lowest BCUT2D eigenvalue weighted by Gasteiger charge is -2.29. The van der Waals surface area contributed by atoms with Crippen molar-refractivity contribution in [3.8, 4) is 0 Å². The molecule has 1 unspecified atom stereocenters. The minimum atomic E-state index is -4.60. The number of carbonyl (C=O) groups is 1. The molecule has 28 heavy (non-hydrogen) atoms. The van der Waals surface area contributed by atoms with E-state index in [1.165, 1.54) is 6.07 Å². The van der Waals surface area contributed by atoms with Gasteiger partial charge in [-0.25, -0.2) is 4.79 Å². The maximum absolute atomic E-state index is 13.5. The van der Waals surface area contributed by atoms with Crippen molar-refractivity contribution in [2.45, 2.75) is 26.1 Å². The fraction of sp³-hybridized carbons (Fsp3) is 0.421. The number of hydrogen-bond acceptors (Lipinski definition) is 4. The molecular weight excluding hydrogens is 375 g/mol. The number of halogens is 3. The van der Waals surface area contributed by atoms with Crippen molar-refractivity contribution in [1.82, 2.24) is 5.32 Å². The quantitative estimate of drug-likeness (QED) is 0.806. The lowest BCUT2D eigenvalue weighted by Crippen LogP contribution is -2.36. The monoisotopic (exact) mass is 397 g/mol. The number of furan rings is 1. The van der Waals surface area contributed by atoms with Crippen LogP contribution >= 0.6 is 0 Å². The molecule has 9 heteroatoms. The first-order valence-corrected chi connectivity index (χ1v) is 8.92. The van der Waals surface area contributed by atoms with E-state index in [2.05, 4.69) is 10.6 Å². The fourth-order valence-electron chi connectivity index (χ4n) is 3.01. The molecule has 2 N–H and O–H groups in total. The van der Waals surface area contributed by atoms with Crippen LogP contribution in [0.25, 0.3) is 0 Å². The number of amides is 2. The molecule has 6 nitrogen and oxygen atoms in total. The normalized spacial score (nSPS) is 16.0. The number of nitrogens with one attached hydrogen (secondary N) is 2. The Balaban J connectivity index is 1.75. The summed E-state index contributed by atoms with van der Waals surface area (Å²) in [5.41, 5.74) is -0.751. The third-order valence-electron chi connectivity index (χ3n) is 4.47. The van der Waals surface area contributed by atoms with Gasteiger partial charge in [-0.05, 0) is 44.2 Å². The first-order valence-electron chi connectivity index (χ1n) is 8.92. The Morgan fingerprint density at radius 2 is 1.89 bits per heavy atom. The van der Waals surface area contributed by atoms with Gasteiger partial charge < -0.3 is 24.7 Å². The predicted octanol–water partition coefficient (Wildman–Crippen LogP) is 4.33. The number of alkyl halides is 3. The zero-order valence-corrected chi connectivity index (χ0v) is 15.6. The van der Waals surface area contributed by atoms with Crippen molar-refractivity contribution in [2.24, 2.45) is 0 Å². The Morgan fingerprint density at radius 1 is 1.18 bits per heavy atom. The molecule has 1 atom stereocenters. The molecule has 1 aliphatic rings. The van der Waals surface area contributed by atoms with Gasteiger partial charge >= 0.3 is 12.2 Å². The van der Waals surface area contributed by atoms with Crippen LogP contribution in [0.5, 0.6) is 0 Å². The standard InChI is InChI=1S/C19H22F3N3O3/c1-12-3-6-17(28-12)13(2)23-18(26)24-16-5-4-14(11-15(16)19(20,21)22)25-7-9-27-10-8-25/h3-6,11,13H,7-10H2,1-2H3,(H2,23,24,26). The number of urea groups is 1. The molecule has 152 valence electrons. The summed E-state index contributed by atoms with van der Waals surface area (Å²) >= 11 is 0. The molecule has 1 aliphatic heterocycles. The summed E-state index contributed by atoms with van der Waals surface area (Å²) in [6, 6.07) is 6.11. The van der Waals surface area contributed by atoms with Gasteiger partial charge in [0.05, 0.1) is 30.5 Å². The molecule has 1 saturated heterocycles. The molecule has 1 fully saturated rings. The van der Waals surface area contributed by atoms with Crippen molar-refractivity contribution in [3.05, 3.63) is 47.4 Å². The van der Waals surface area contributed by atoms with E-state index in [0.717, 1.165) is 6.07 Å². The SMILES string of the molecule is Cc1ccc(C(C)NC(=O)Nc2ccc(N3CCOCC3)cc2C(F)(F)F)o1. The maximum Gasteiger partial charge on any atom is 0.418 e. The molecule has 1 aromatic carbocycles. The molecule has 0 aliphatic carbocycles. The Bertz CT molecular complexity index is 829. The van der Waals surface area contributed by atoms with E-state index >= 15 is 0 Å². The highest BCUT2D eigenvalue weighted by Crippen LogP contribution is 2.37. The van der Waals surface area contributed by atoms with Gasteiger partial charge in [-0.15, -0.1) is 0 Å². The number of benzene rings is 1. The first kappa shape index (κ1) is 20.1. The van der Waals surface area contributed by atoms with Crippen LogP contribution in [-0.4, -0.2) is 32.3 Å². The molecule has 0 radical (unpaired) electrons.